The Balaban J connectivity index is 1.64. The van der Waals surface area contributed by atoms with Crippen LogP contribution >= 0.6 is 11.3 Å². The van der Waals surface area contributed by atoms with Gasteiger partial charge in [0.05, 0.1) is 12.0 Å². The summed E-state index contributed by atoms with van der Waals surface area (Å²) >= 11 is 1.65. The maximum absolute atomic E-state index is 5.36. The molecule has 0 radical (unpaired) electrons. The predicted molar refractivity (Wildman–Crippen MR) is 72.6 cm³/mol. The maximum atomic E-state index is 5.36. The monoisotopic (exact) mass is 263 g/mol. The third kappa shape index (κ3) is 2.48. The summed E-state index contributed by atoms with van der Waals surface area (Å²) in [7, 11) is 2.03. The lowest BCUT2D eigenvalue weighted by molar-refractivity contribution is 0.319. The van der Waals surface area contributed by atoms with E-state index >= 15 is 0 Å². The number of furan rings is 1. The van der Waals surface area contributed by atoms with E-state index in [1.807, 2.05) is 19.2 Å². The molecule has 4 nitrogen and oxygen atoms in total. The molecule has 1 aliphatic rings. The van der Waals surface area contributed by atoms with Crippen molar-refractivity contribution in [1.82, 2.24) is 15.2 Å². The third-order valence-electron chi connectivity index (χ3n) is 3.35. The number of hydrogen-bond donors (Lipinski definition) is 1. The molecule has 3 heterocycles. The number of rotatable bonds is 4. The fourth-order valence-corrected chi connectivity index (χ4v) is 3.11. The standard InChI is InChI=1S/C13H17N3OS/c1-14-10-4-5-16(7-10)8-11-9-18-13(15-11)12-3-2-6-17-12/h2-3,6,9-10,14H,4-5,7-8H2,1H3. The van der Waals surface area contributed by atoms with E-state index in [0.717, 1.165) is 36.1 Å². The largest absolute Gasteiger partial charge is 0.462 e. The highest BCUT2D eigenvalue weighted by molar-refractivity contribution is 7.13. The van der Waals surface area contributed by atoms with Crippen LogP contribution in [0.25, 0.3) is 10.8 Å². The van der Waals surface area contributed by atoms with Crippen LogP contribution in [0.1, 0.15) is 12.1 Å². The van der Waals surface area contributed by atoms with Gasteiger partial charge in [-0.25, -0.2) is 4.98 Å². The van der Waals surface area contributed by atoms with Gasteiger partial charge in [0.25, 0.3) is 0 Å². The number of aromatic nitrogens is 1. The first-order valence-electron chi connectivity index (χ1n) is 6.23. The van der Waals surface area contributed by atoms with E-state index in [1.54, 1.807) is 17.6 Å². The van der Waals surface area contributed by atoms with Crippen molar-refractivity contribution in [2.75, 3.05) is 20.1 Å². The van der Waals surface area contributed by atoms with Gasteiger partial charge in [0.1, 0.15) is 0 Å². The molecule has 96 valence electrons. The second-order valence-electron chi connectivity index (χ2n) is 4.63. The minimum absolute atomic E-state index is 0.633. The quantitative estimate of drug-likeness (QED) is 0.918. The number of likely N-dealkylation sites (tertiary alicyclic amines) is 1. The van der Waals surface area contributed by atoms with Gasteiger partial charge in [0.15, 0.2) is 10.8 Å². The van der Waals surface area contributed by atoms with Crippen LogP contribution in [0.3, 0.4) is 0 Å². The van der Waals surface area contributed by atoms with Crippen LogP contribution in [0, 0.1) is 0 Å². The summed E-state index contributed by atoms with van der Waals surface area (Å²) in [5, 5.41) is 6.43. The van der Waals surface area contributed by atoms with Gasteiger partial charge in [-0.05, 0) is 25.6 Å². The lowest BCUT2D eigenvalue weighted by Crippen LogP contribution is -2.29. The number of likely N-dealkylation sites (N-methyl/N-ethyl adjacent to an activating group) is 1. The average molecular weight is 263 g/mol. The van der Waals surface area contributed by atoms with Crippen molar-refractivity contribution < 1.29 is 4.42 Å². The Bertz CT molecular complexity index is 494. The lowest BCUT2D eigenvalue weighted by atomic mass is 10.3. The van der Waals surface area contributed by atoms with E-state index in [4.69, 9.17) is 4.42 Å². The highest BCUT2D eigenvalue weighted by Crippen LogP contribution is 2.25. The lowest BCUT2D eigenvalue weighted by Gasteiger charge is -2.13. The molecule has 1 aliphatic heterocycles. The Labute approximate surface area is 111 Å². The molecule has 0 amide bonds. The van der Waals surface area contributed by atoms with Crippen LogP contribution in [0.5, 0.6) is 0 Å². The van der Waals surface area contributed by atoms with Crippen LogP contribution in [-0.4, -0.2) is 36.1 Å². The first-order chi connectivity index (χ1) is 8.85. The molecule has 1 saturated heterocycles. The zero-order valence-electron chi connectivity index (χ0n) is 10.4. The molecule has 2 aromatic heterocycles. The maximum Gasteiger partial charge on any atom is 0.162 e. The van der Waals surface area contributed by atoms with Crippen molar-refractivity contribution in [2.45, 2.75) is 19.0 Å². The molecular weight excluding hydrogens is 246 g/mol. The van der Waals surface area contributed by atoms with Crippen LogP contribution in [0.2, 0.25) is 0 Å². The fourth-order valence-electron chi connectivity index (χ4n) is 2.33. The zero-order valence-corrected chi connectivity index (χ0v) is 11.2. The summed E-state index contributed by atoms with van der Waals surface area (Å²) in [6.45, 7) is 3.21. The summed E-state index contributed by atoms with van der Waals surface area (Å²) in [6, 6.07) is 4.48. The first-order valence-corrected chi connectivity index (χ1v) is 7.11. The van der Waals surface area contributed by atoms with Crippen molar-refractivity contribution in [3.05, 3.63) is 29.5 Å². The van der Waals surface area contributed by atoms with Gasteiger partial charge in [-0.2, -0.15) is 0 Å². The topological polar surface area (TPSA) is 41.3 Å². The smallest absolute Gasteiger partial charge is 0.162 e. The van der Waals surface area contributed by atoms with Crippen molar-refractivity contribution in [3.8, 4) is 10.8 Å². The highest BCUT2D eigenvalue weighted by Gasteiger charge is 2.21. The number of hydrogen-bond acceptors (Lipinski definition) is 5. The van der Waals surface area contributed by atoms with Crippen LogP contribution in [0.4, 0.5) is 0 Å². The van der Waals surface area contributed by atoms with Gasteiger partial charge in [-0.1, -0.05) is 0 Å². The van der Waals surface area contributed by atoms with Crippen LogP contribution in [0.15, 0.2) is 28.2 Å². The van der Waals surface area contributed by atoms with Crippen molar-refractivity contribution >= 4 is 11.3 Å². The Kier molecular flexibility index (Phi) is 3.45. The summed E-state index contributed by atoms with van der Waals surface area (Å²) < 4.78 is 5.36. The summed E-state index contributed by atoms with van der Waals surface area (Å²) in [5.41, 5.74) is 1.14. The minimum atomic E-state index is 0.633. The van der Waals surface area contributed by atoms with Gasteiger partial charge in [-0.3, -0.25) is 4.90 Å². The second-order valence-corrected chi connectivity index (χ2v) is 5.49. The van der Waals surface area contributed by atoms with Crippen LogP contribution < -0.4 is 5.32 Å². The molecule has 0 bridgehead atoms. The molecular formula is C13H17N3OS. The second kappa shape index (κ2) is 5.22. The SMILES string of the molecule is CNC1CCN(Cc2csc(-c3ccco3)n2)C1. The van der Waals surface area contributed by atoms with E-state index in [-0.39, 0.29) is 0 Å². The molecule has 0 spiro atoms. The molecule has 0 aliphatic carbocycles. The van der Waals surface area contributed by atoms with E-state index in [9.17, 15) is 0 Å². The Hall–Kier alpha value is -1.17. The molecule has 5 heteroatoms. The number of nitrogens with zero attached hydrogens (tertiary/aromatic N) is 2. The predicted octanol–water partition coefficient (Wildman–Crippen LogP) is 2.20. The van der Waals surface area contributed by atoms with Crippen molar-refractivity contribution in [2.24, 2.45) is 0 Å². The van der Waals surface area contributed by atoms with Gasteiger partial charge >= 0.3 is 0 Å². The van der Waals surface area contributed by atoms with Crippen molar-refractivity contribution in [1.29, 1.82) is 0 Å². The Morgan fingerprint density at radius 3 is 3.28 bits per heavy atom. The molecule has 3 rings (SSSR count). The summed E-state index contributed by atoms with van der Waals surface area (Å²) in [6.07, 6.45) is 2.92. The average Bonchev–Trinajstić information content (AvgIpc) is 3.10. The third-order valence-corrected chi connectivity index (χ3v) is 4.26. The first kappa shape index (κ1) is 11.9. The van der Waals surface area contributed by atoms with Gasteiger partial charge in [-0.15, -0.1) is 11.3 Å². The molecule has 0 saturated carbocycles. The number of thiazole rings is 1. The molecule has 18 heavy (non-hydrogen) atoms. The Morgan fingerprint density at radius 2 is 2.56 bits per heavy atom. The normalized spacial score (nSPS) is 20.6. The highest BCUT2D eigenvalue weighted by atomic mass is 32.1. The van der Waals surface area contributed by atoms with Crippen LogP contribution in [-0.2, 0) is 6.54 Å². The van der Waals surface area contributed by atoms with Gasteiger partial charge < -0.3 is 9.73 Å². The zero-order chi connectivity index (χ0) is 12.4. The molecule has 1 unspecified atom stereocenters. The van der Waals surface area contributed by atoms with E-state index in [0.29, 0.717) is 6.04 Å². The van der Waals surface area contributed by atoms with Gasteiger partial charge in [0, 0.05) is 31.1 Å². The summed E-state index contributed by atoms with van der Waals surface area (Å²) in [4.78, 5) is 7.08. The minimum Gasteiger partial charge on any atom is -0.462 e. The molecule has 0 aromatic carbocycles. The summed E-state index contributed by atoms with van der Waals surface area (Å²) in [5.74, 6) is 0.862. The molecule has 1 fully saturated rings. The number of nitrogens with one attached hydrogen (secondary N) is 1. The molecule has 1 atom stereocenters. The van der Waals surface area contributed by atoms with E-state index in [1.165, 1.54) is 6.42 Å². The van der Waals surface area contributed by atoms with E-state index in [2.05, 4.69) is 20.6 Å². The van der Waals surface area contributed by atoms with Gasteiger partial charge in [0.2, 0.25) is 0 Å². The molecule has 1 N–H and O–H groups in total. The Morgan fingerprint density at radius 1 is 1.61 bits per heavy atom. The van der Waals surface area contributed by atoms with Crippen molar-refractivity contribution in [3.63, 3.8) is 0 Å². The fraction of sp³-hybridized carbons (Fsp3) is 0.462. The van der Waals surface area contributed by atoms with E-state index < -0.39 is 0 Å². The molecule has 2 aromatic rings.